The zero-order valence-corrected chi connectivity index (χ0v) is 15.3. The van der Waals surface area contributed by atoms with Gasteiger partial charge in [-0.1, -0.05) is 24.3 Å². The van der Waals surface area contributed by atoms with Gasteiger partial charge in [-0.05, 0) is 48.2 Å². The van der Waals surface area contributed by atoms with Gasteiger partial charge in [0.1, 0.15) is 12.4 Å². The molecule has 0 spiro atoms. The van der Waals surface area contributed by atoms with E-state index in [-0.39, 0.29) is 30.2 Å². The molecule has 1 fully saturated rings. The summed E-state index contributed by atoms with van der Waals surface area (Å²) in [7, 11) is 1.49. The Balaban J connectivity index is 1.66. The van der Waals surface area contributed by atoms with Crippen LogP contribution in [0.3, 0.4) is 0 Å². The maximum atomic E-state index is 13.1. The predicted octanol–water partition coefficient (Wildman–Crippen LogP) is 3.32. The lowest BCUT2D eigenvalue weighted by Crippen LogP contribution is -2.45. The van der Waals surface area contributed by atoms with E-state index in [0.29, 0.717) is 18.8 Å². The van der Waals surface area contributed by atoms with Gasteiger partial charge in [0.2, 0.25) is 11.8 Å². The van der Waals surface area contributed by atoms with Crippen LogP contribution >= 0.6 is 0 Å². The Morgan fingerprint density at radius 1 is 1.19 bits per heavy atom. The second kappa shape index (κ2) is 8.77. The van der Waals surface area contributed by atoms with E-state index in [1.165, 1.54) is 19.2 Å². The molecular formula is C21H23FN2O3. The SMILES string of the molecule is COCC(=O)N1CCCC(C(=O)Nc2cccc(-c3ccc(F)cc3)c2)C1. The molecule has 2 amide bonds. The number of halogens is 1. The highest BCUT2D eigenvalue weighted by Crippen LogP contribution is 2.24. The third-order valence-corrected chi connectivity index (χ3v) is 4.72. The van der Waals surface area contributed by atoms with E-state index >= 15 is 0 Å². The molecule has 3 rings (SSSR count). The van der Waals surface area contributed by atoms with Crippen LogP contribution in [0.1, 0.15) is 12.8 Å². The molecule has 0 bridgehead atoms. The molecule has 1 atom stereocenters. The van der Waals surface area contributed by atoms with E-state index in [9.17, 15) is 14.0 Å². The highest BCUT2D eigenvalue weighted by atomic mass is 19.1. The summed E-state index contributed by atoms with van der Waals surface area (Å²) in [4.78, 5) is 26.3. The van der Waals surface area contributed by atoms with Gasteiger partial charge in [0.15, 0.2) is 0 Å². The number of carbonyl (C=O) groups is 2. The van der Waals surface area contributed by atoms with Gasteiger partial charge in [-0.15, -0.1) is 0 Å². The van der Waals surface area contributed by atoms with Crippen molar-refractivity contribution >= 4 is 17.5 Å². The fourth-order valence-corrected chi connectivity index (χ4v) is 3.30. The molecule has 1 N–H and O–H groups in total. The van der Waals surface area contributed by atoms with Crippen molar-refractivity contribution in [3.05, 3.63) is 54.3 Å². The fraction of sp³-hybridized carbons (Fsp3) is 0.333. The molecule has 6 heteroatoms. The minimum Gasteiger partial charge on any atom is -0.375 e. The number of methoxy groups -OCH3 is 1. The zero-order valence-electron chi connectivity index (χ0n) is 15.3. The molecule has 0 aliphatic carbocycles. The Hall–Kier alpha value is -2.73. The molecule has 1 heterocycles. The van der Waals surface area contributed by atoms with Crippen molar-refractivity contribution in [2.75, 3.05) is 32.1 Å². The topological polar surface area (TPSA) is 58.6 Å². The number of carbonyl (C=O) groups excluding carboxylic acids is 2. The monoisotopic (exact) mass is 370 g/mol. The van der Waals surface area contributed by atoms with Crippen molar-refractivity contribution in [2.45, 2.75) is 12.8 Å². The molecule has 1 unspecified atom stereocenters. The number of ether oxygens (including phenoxy) is 1. The number of rotatable bonds is 5. The average molecular weight is 370 g/mol. The number of nitrogens with one attached hydrogen (secondary N) is 1. The molecular weight excluding hydrogens is 347 g/mol. The Kier molecular flexibility index (Phi) is 6.19. The van der Waals surface area contributed by atoms with Crippen molar-refractivity contribution in [1.29, 1.82) is 0 Å². The molecule has 0 aromatic heterocycles. The van der Waals surface area contributed by atoms with Crippen LogP contribution in [0.25, 0.3) is 11.1 Å². The molecule has 0 saturated carbocycles. The van der Waals surface area contributed by atoms with Crippen LogP contribution in [-0.4, -0.2) is 43.5 Å². The first-order valence-corrected chi connectivity index (χ1v) is 9.00. The normalized spacial score (nSPS) is 16.8. The quantitative estimate of drug-likeness (QED) is 0.878. The molecule has 1 aliphatic heterocycles. The first-order chi connectivity index (χ1) is 13.1. The van der Waals surface area contributed by atoms with Crippen LogP contribution in [0.4, 0.5) is 10.1 Å². The zero-order chi connectivity index (χ0) is 19.2. The second-order valence-electron chi connectivity index (χ2n) is 6.69. The summed E-state index contributed by atoms with van der Waals surface area (Å²) in [5.74, 6) is -0.711. The lowest BCUT2D eigenvalue weighted by Gasteiger charge is -2.32. The molecule has 2 aromatic carbocycles. The van der Waals surface area contributed by atoms with Gasteiger partial charge in [0.05, 0.1) is 5.92 Å². The summed E-state index contributed by atoms with van der Waals surface area (Å²) < 4.78 is 18.0. The van der Waals surface area contributed by atoms with E-state index in [1.807, 2.05) is 24.3 Å². The number of piperidine rings is 1. The standard InChI is InChI=1S/C21H23FN2O3/c1-27-14-20(25)24-11-3-5-17(13-24)21(26)23-19-6-2-4-16(12-19)15-7-9-18(22)10-8-15/h2,4,6-10,12,17H,3,5,11,13-14H2,1H3,(H,23,26). The van der Waals surface area contributed by atoms with Crippen molar-refractivity contribution in [1.82, 2.24) is 4.90 Å². The lowest BCUT2D eigenvalue weighted by atomic mass is 9.96. The number of nitrogens with zero attached hydrogens (tertiary/aromatic N) is 1. The Bertz CT molecular complexity index is 807. The summed E-state index contributed by atoms with van der Waals surface area (Å²) in [6, 6.07) is 13.7. The van der Waals surface area contributed by atoms with E-state index in [2.05, 4.69) is 5.32 Å². The molecule has 1 aliphatic rings. The minimum atomic E-state index is -0.284. The fourth-order valence-electron chi connectivity index (χ4n) is 3.30. The van der Waals surface area contributed by atoms with Crippen LogP contribution in [0.2, 0.25) is 0 Å². The molecule has 2 aromatic rings. The summed E-state index contributed by atoms with van der Waals surface area (Å²) in [5.41, 5.74) is 2.46. The van der Waals surface area contributed by atoms with Gasteiger partial charge < -0.3 is 15.0 Å². The van der Waals surface area contributed by atoms with Crippen molar-refractivity contribution in [3.63, 3.8) is 0 Å². The first kappa shape index (κ1) is 19.0. The van der Waals surface area contributed by atoms with Gasteiger partial charge in [-0.25, -0.2) is 4.39 Å². The van der Waals surface area contributed by atoms with Crippen molar-refractivity contribution in [2.24, 2.45) is 5.92 Å². The maximum absolute atomic E-state index is 13.1. The number of likely N-dealkylation sites (tertiary alicyclic amines) is 1. The number of anilines is 1. The maximum Gasteiger partial charge on any atom is 0.248 e. The highest BCUT2D eigenvalue weighted by molar-refractivity contribution is 5.94. The van der Waals surface area contributed by atoms with E-state index in [1.54, 1.807) is 17.0 Å². The van der Waals surface area contributed by atoms with Crippen LogP contribution < -0.4 is 5.32 Å². The number of hydrogen-bond acceptors (Lipinski definition) is 3. The van der Waals surface area contributed by atoms with Crippen molar-refractivity contribution < 1.29 is 18.7 Å². The first-order valence-electron chi connectivity index (χ1n) is 9.00. The van der Waals surface area contributed by atoms with Gasteiger partial charge in [0.25, 0.3) is 0 Å². The van der Waals surface area contributed by atoms with E-state index in [0.717, 1.165) is 24.0 Å². The number of benzene rings is 2. The average Bonchev–Trinajstić information content (AvgIpc) is 2.69. The minimum absolute atomic E-state index is 0.0358. The number of hydrogen-bond donors (Lipinski definition) is 1. The molecule has 5 nitrogen and oxygen atoms in total. The van der Waals surface area contributed by atoms with Crippen LogP contribution in [-0.2, 0) is 14.3 Å². The lowest BCUT2D eigenvalue weighted by molar-refractivity contribution is -0.138. The van der Waals surface area contributed by atoms with Gasteiger partial charge in [-0.2, -0.15) is 0 Å². The summed E-state index contributed by atoms with van der Waals surface area (Å²) in [6.45, 7) is 1.10. The largest absolute Gasteiger partial charge is 0.375 e. The van der Waals surface area contributed by atoms with Gasteiger partial charge in [0, 0.05) is 25.9 Å². The number of amides is 2. The molecule has 142 valence electrons. The Morgan fingerprint density at radius 2 is 1.96 bits per heavy atom. The van der Waals surface area contributed by atoms with E-state index in [4.69, 9.17) is 4.74 Å². The predicted molar refractivity (Wildman–Crippen MR) is 102 cm³/mol. The third kappa shape index (κ3) is 4.92. The summed E-state index contributed by atoms with van der Waals surface area (Å²) in [6.07, 6.45) is 1.55. The van der Waals surface area contributed by atoms with Crippen LogP contribution in [0, 0.1) is 11.7 Å². The molecule has 0 radical (unpaired) electrons. The summed E-state index contributed by atoms with van der Waals surface area (Å²) in [5, 5.41) is 2.94. The summed E-state index contributed by atoms with van der Waals surface area (Å²) >= 11 is 0. The van der Waals surface area contributed by atoms with Gasteiger partial charge in [-0.3, -0.25) is 9.59 Å². The highest BCUT2D eigenvalue weighted by Gasteiger charge is 2.28. The molecule has 1 saturated heterocycles. The van der Waals surface area contributed by atoms with E-state index < -0.39 is 0 Å². The smallest absolute Gasteiger partial charge is 0.248 e. The Labute approximate surface area is 158 Å². The van der Waals surface area contributed by atoms with Crippen molar-refractivity contribution in [3.8, 4) is 11.1 Å². The third-order valence-electron chi connectivity index (χ3n) is 4.72. The second-order valence-corrected chi connectivity index (χ2v) is 6.69. The van der Waals surface area contributed by atoms with Crippen LogP contribution in [0.15, 0.2) is 48.5 Å². The molecule has 27 heavy (non-hydrogen) atoms. The Morgan fingerprint density at radius 3 is 2.70 bits per heavy atom. The van der Waals surface area contributed by atoms with Crippen LogP contribution in [0.5, 0.6) is 0 Å². The van der Waals surface area contributed by atoms with Gasteiger partial charge >= 0.3 is 0 Å².